The molecule has 1 heterocycles. The summed E-state index contributed by atoms with van der Waals surface area (Å²) in [5.74, 6) is -1.29. The number of nitrogens with one attached hydrogen (secondary N) is 1. The topological polar surface area (TPSA) is 104 Å². The number of carboxylic acids is 1. The van der Waals surface area contributed by atoms with Crippen molar-refractivity contribution in [3.63, 3.8) is 0 Å². The molecule has 3 N–H and O–H groups in total. The molecular formula is C12H13NO5S2. The molecule has 0 bridgehead atoms. The van der Waals surface area contributed by atoms with Crippen molar-refractivity contribution in [2.75, 3.05) is 6.54 Å². The number of aliphatic hydroxyl groups excluding tert-OH is 1. The van der Waals surface area contributed by atoms with Gasteiger partial charge in [0.25, 0.3) is 0 Å². The van der Waals surface area contributed by atoms with Crippen LogP contribution in [0.4, 0.5) is 0 Å². The summed E-state index contributed by atoms with van der Waals surface area (Å²) < 4.78 is 27.3. The van der Waals surface area contributed by atoms with Crippen molar-refractivity contribution in [2.24, 2.45) is 0 Å². The van der Waals surface area contributed by atoms with Gasteiger partial charge in [-0.25, -0.2) is 17.9 Å². The Bertz CT molecular complexity index is 748. The van der Waals surface area contributed by atoms with Crippen LogP contribution in [0.25, 0.3) is 10.1 Å². The fraction of sp³-hybridized carbons (Fsp3) is 0.250. The van der Waals surface area contributed by atoms with Crippen molar-refractivity contribution < 1.29 is 23.4 Å². The third-order valence-electron chi connectivity index (χ3n) is 2.58. The molecule has 1 atom stereocenters. The van der Waals surface area contributed by atoms with Gasteiger partial charge in [-0.3, -0.25) is 0 Å². The molecule has 108 valence electrons. The van der Waals surface area contributed by atoms with Gasteiger partial charge in [0, 0.05) is 16.6 Å². The third-order valence-corrected chi connectivity index (χ3v) is 5.38. The summed E-state index contributed by atoms with van der Waals surface area (Å²) in [6.07, 6.45) is -0.858. The van der Waals surface area contributed by atoms with Crippen molar-refractivity contribution in [1.82, 2.24) is 4.72 Å². The van der Waals surface area contributed by atoms with Crippen LogP contribution >= 0.6 is 11.3 Å². The minimum Gasteiger partial charge on any atom is -0.477 e. The van der Waals surface area contributed by atoms with E-state index in [4.69, 9.17) is 5.11 Å². The molecule has 1 aromatic heterocycles. The van der Waals surface area contributed by atoms with Crippen LogP contribution in [-0.4, -0.2) is 37.2 Å². The molecule has 2 aromatic rings. The van der Waals surface area contributed by atoms with Crippen LogP contribution in [0, 0.1) is 0 Å². The molecule has 6 nitrogen and oxygen atoms in total. The van der Waals surface area contributed by atoms with Crippen LogP contribution in [0.2, 0.25) is 0 Å². The molecule has 0 unspecified atom stereocenters. The highest BCUT2D eigenvalue weighted by Gasteiger charge is 2.28. The first-order chi connectivity index (χ1) is 9.33. The van der Waals surface area contributed by atoms with E-state index in [1.54, 1.807) is 24.3 Å². The highest BCUT2D eigenvalue weighted by Crippen LogP contribution is 2.34. The number of hydrogen-bond donors (Lipinski definition) is 3. The number of aromatic carboxylic acids is 1. The first kappa shape index (κ1) is 14.9. The quantitative estimate of drug-likeness (QED) is 0.770. The van der Waals surface area contributed by atoms with E-state index >= 15 is 0 Å². The molecule has 0 aliphatic carbocycles. The monoisotopic (exact) mass is 315 g/mol. The van der Waals surface area contributed by atoms with Crippen molar-refractivity contribution in [1.29, 1.82) is 0 Å². The van der Waals surface area contributed by atoms with E-state index in [1.807, 2.05) is 0 Å². The molecule has 0 amide bonds. The van der Waals surface area contributed by atoms with Crippen LogP contribution in [0.15, 0.2) is 29.2 Å². The van der Waals surface area contributed by atoms with E-state index in [-0.39, 0.29) is 16.3 Å². The van der Waals surface area contributed by atoms with Gasteiger partial charge in [-0.15, -0.1) is 11.3 Å². The second-order valence-electron chi connectivity index (χ2n) is 4.26. The van der Waals surface area contributed by atoms with Gasteiger partial charge in [-0.2, -0.15) is 0 Å². The summed E-state index contributed by atoms with van der Waals surface area (Å²) in [5.41, 5.74) is 0. The molecule has 8 heteroatoms. The predicted octanol–water partition coefficient (Wildman–Crippen LogP) is 1.26. The average molecular weight is 315 g/mol. The summed E-state index contributed by atoms with van der Waals surface area (Å²) >= 11 is 0.912. The molecule has 0 saturated carbocycles. The van der Waals surface area contributed by atoms with E-state index in [1.165, 1.54) is 6.92 Å². The molecule has 20 heavy (non-hydrogen) atoms. The Hall–Kier alpha value is -1.48. The van der Waals surface area contributed by atoms with Gasteiger partial charge in [-0.05, 0) is 13.0 Å². The molecular weight excluding hydrogens is 302 g/mol. The Morgan fingerprint density at radius 3 is 2.65 bits per heavy atom. The lowest BCUT2D eigenvalue weighted by Crippen LogP contribution is -2.31. The predicted molar refractivity (Wildman–Crippen MR) is 75.7 cm³/mol. The molecule has 0 aliphatic heterocycles. The first-order valence-electron chi connectivity index (χ1n) is 5.75. The SMILES string of the molecule is C[C@H](O)CNS(=O)(=O)c1c(C(=O)O)sc2ccccc12. The lowest BCUT2D eigenvalue weighted by atomic mass is 10.2. The molecule has 0 fully saturated rings. The van der Waals surface area contributed by atoms with E-state index in [2.05, 4.69) is 4.72 Å². The molecule has 0 radical (unpaired) electrons. The zero-order chi connectivity index (χ0) is 14.9. The number of carboxylic acid groups (broad SMARTS) is 1. The van der Waals surface area contributed by atoms with Gasteiger partial charge in [0.05, 0.1) is 6.10 Å². The van der Waals surface area contributed by atoms with Gasteiger partial charge < -0.3 is 10.2 Å². The normalized spacial score (nSPS) is 13.5. The second kappa shape index (κ2) is 5.49. The number of fused-ring (bicyclic) bond motifs is 1. The molecule has 0 aliphatic rings. The minimum absolute atomic E-state index is 0.175. The second-order valence-corrected chi connectivity index (χ2v) is 7.02. The lowest BCUT2D eigenvalue weighted by molar-refractivity contribution is 0.0698. The smallest absolute Gasteiger partial charge is 0.347 e. The van der Waals surface area contributed by atoms with Crippen molar-refractivity contribution in [3.05, 3.63) is 29.1 Å². The highest BCUT2D eigenvalue weighted by molar-refractivity contribution is 7.90. The van der Waals surface area contributed by atoms with E-state index in [0.29, 0.717) is 10.1 Å². The Labute approximate surface area is 119 Å². The minimum atomic E-state index is -3.99. The molecule has 1 aromatic carbocycles. The van der Waals surface area contributed by atoms with Gasteiger partial charge in [0.2, 0.25) is 10.0 Å². The number of hydrogen-bond acceptors (Lipinski definition) is 5. The number of benzene rings is 1. The van der Waals surface area contributed by atoms with Crippen LogP contribution < -0.4 is 4.72 Å². The molecule has 2 rings (SSSR count). The van der Waals surface area contributed by atoms with Crippen molar-refractivity contribution in [2.45, 2.75) is 17.9 Å². The molecule has 0 saturated heterocycles. The third kappa shape index (κ3) is 2.83. The average Bonchev–Trinajstić information content (AvgIpc) is 2.76. The number of sulfonamides is 1. The van der Waals surface area contributed by atoms with Crippen LogP contribution in [-0.2, 0) is 10.0 Å². The summed E-state index contributed by atoms with van der Waals surface area (Å²) in [7, 11) is -3.99. The molecule has 0 spiro atoms. The van der Waals surface area contributed by atoms with Crippen LogP contribution in [0.3, 0.4) is 0 Å². The summed E-state index contributed by atoms with van der Waals surface area (Å²) in [4.78, 5) is 10.8. The van der Waals surface area contributed by atoms with Crippen LogP contribution in [0.1, 0.15) is 16.6 Å². The van der Waals surface area contributed by atoms with Gasteiger partial charge in [-0.1, -0.05) is 18.2 Å². The Morgan fingerprint density at radius 1 is 1.40 bits per heavy atom. The van der Waals surface area contributed by atoms with E-state index in [0.717, 1.165) is 11.3 Å². The standard InChI is InChI=1S/C12H13NO5S2/c1-7(14)6-13-20(17,18)11-8-4-2-3-5-9(8)19-10(11)12(15)16/h2-5,7,13-14H,6H2,1H3,(H,15,16)/t7-/m0/s1. The highest BCUT2D eigenvalue weighted by atomic mass is 32.2. The Morgan fingerprint density at radius 2 is 2.05 bits per heavy atom. The zero-order valence-electron chi connectivity index (χ0n) is 10.5. The summed E-state index contributed by atoms with van der Waals surface area (Å²) in [6, 6.07) is 6.59. The first-order valence-corrected chi connectivity index (χ1v) is 8.05. The number of thiophene rings is 1. The maximum atomic E-state index is 12.3. The summed E-state index contributed by atoms with van der Waals surface area (Å²) in [5, 5.41) is 18.7. The van der Waals surface area contributed by atoms with E-state index in [9.17, 15) is 18.3 Å². The summed E-state index contributed by atoms with van der Waals surface area (Å²) in [6.45, 7) is 1.26. The lowest BCUT2D eigenvalue weighted by Gasteiger charge is -2.08. The fourth-order valence-electron chi connectivity index (χ4n) is 1.73. The van der Waals surface area contributed by atoms with Gasteiger partial charge in [0.15, 0.2) is 0 Å². The van der Waals surface area contributed by atoms with Crippen LogP contribution in [0.5, 0.6) is 0 Å². The Kier molecular flexibility index (Phi) is 4.09. The number of aliphatic hydroxyl groups is 1. The largest absolute Gasteiger partial charge is 0.477 e. The van der Waals surface area contributed by atoms with Crippen molar-refractivity contribution >= 4 is 37.4 Å². The van der Waals surface area contributed by atoms with Gasteiger partial charge >= 0.3 is 5.97 Å². The maximum absolute atomic E-state index is 12.3. The number of carbonyl (C=O) groups is 1. The van der Waals surface area contributed by atoms with E-state index < -0.39 is 22.1 Å². The zero-order valence-corrected chi connectivity index (χ0v) is 12.2. The number of rotatable bonds is 5. The van der Waals surface area contributed by atoms with Crippen molar-refractivity contribution in [3.8, 4) is 0 Å². The maximum Gasteiger partial charge on any atom is 0.347 e. The van der Waals surface area contributed by atoms with Gasteiger partial charge in [0.1, 0.15) is 9.77 Å². The Balaban J connectivity index is 2.62. The fourth-order valence-corrected chi connectivity index (χ4v) is 4.59.